The average molecular weight is 273 g/mol. The van der Waals surface area contributed by atoms with Crippen LogP contribution >= 0.6 is 0 Å². The van der Waals surface area contributed by atoms with Gasteiger partial charge in [-0.15, -0.1) is 10.2 Å². The monoisotopic (exact) mass is 273 g/mol. The first-order valence-corrected chi connectivity index (χ1v) is 6.37. The number of nitrogens with one attached hydrogen (secondary N) is 1. The summed E-state index contributed by atoms with van der Waals surface area (Å²) in [5.41, 5.74) is 3.71. The summed E-state index contributed by atoms with van der Waals surface area (Å²) in [5.74, 6) is 2.22. The molecule has 0 amide bonds. The van der Waals surface area contributed by atoms with Crippen molar-refractivity contribution in [2.75, 3.05) is 26.6 Å². The van der Waals surface area contributed by atoms with E-state index in [2.05, 4.69) is 15.5 Å². The quantitative estimate of drug-likeness (QED) is 0.928. The highest BCUT2D eigenvalue weighted by atomic mass is 16.5. The maximum Gasteiger partial charge on any atom is 0.151 e. The van der Waals surface area contributed by atoms with Crippen LogP contribution in [0.15, 0.2) is 18.2 Å². The molecular weight excluding hydrogens is 254 g/mol. The van der Waals surface area contributed by atoms with E-state index in [0.717, 1.165) is 39.7 Å². The lowest BCUT2D eigenvalue weighted by Gasteiger charge is -2.15. The highest BCUT2D eigenvalue weighted by molar-refractivity contribution is 5.77. The van der Waals surface area contributed by atoms with Crippen LogP contribution in [-0.2, 0) is 0 Å². The van der Waals surface area contributed by atoms with Gasteiger partial charge in [0, 0.05) is 7.05 Å². The Hall–Kier alpha value is -2.30. The third kappa shape index (κ3) is 2.27. The molecule has 0 aliphatic rings. The van der Waals surface area contributed by atoms with Gasteiger partial charge >= 0.3 is 0 Å². The van der Waals surface area contributed by atoms with E-state index in [1.54, 1.807) is 14.2 Å². The lowest BCUT2D eigenvalue weighted by atomic mass is 10.0. The van der Waals surface area contributed by atoms with Crippen LogP contribution in [0.3, 0.4) is 0 Å². The van der Waals surface area contributed by atoms with E-state index in [0.29, 0.717) is 0 Å². The molecule has 106 valence electrons. The SMILES string of the molecule is CNc1nnc(-c2c(OC)cccc2OC)c(C)c1C. The van der Waals surface area contributed by atoms with Gasteiger partial charge in [0.25, 0.3) is 0 Å². The van der Waals surface area contributed by atoms with E-state index in [-0.39, 0.29) is 0 Å². The molecule has 1 N–H and O–H groups in total. The number of rotatable bonds is 4. The second-order valence-corrected chi connectivity index (χ2v) is 4.43. The van der Waals surface area contributed by atoms with Gasteiger partial charge in [-0.2, -0.15) is 0 Å². The minimum absolute atomic E-state index is 0.721. The summed E-state index contributed by atoms with van der Waals surface area (Å²) in [6, 6.07) is 5.67. The van der Waals surface area contributed by atoms with E-state index < -0.39 is 0 Å². The van der Waals surface area contributed by atoms with Gasteiger partial charge < -0.3 is 14.8 Å². The standard InChI is InChI=1S/C15H19N3O2/c1-9-10(2)15(16-3)18-17-14(9)13-11(19-4)7-6-8-12(13)20-5/h6-8H,1-5H3,(H,16,18). The van der Waals surface area contributed by atoms with Gasteiger partial charge in [0.1, 0.15) is 17.2 Å². The molecule has 0 spiro atoms. The molecule has 0 aliphatic heterocycles. The minimum atomic E-state index is 0.721. The zero-order chi connectivity index (χ0) is 14.7. The van der Waals surface area contributed by atoms with Crippen molar-refractivity contribution in [2.24, 2.45) is 0 Å². The maximum atomic E-state index is 5.43. The molecule has 0 fully saturated rings. The Morgan fingerprint density at radius 3 is 2.05 bits per heavy atom. The molecule has 1 aromatic heterocycles. The Bertz CT molecular complexity index is 605. The van der Waals surface area contributed by atoms with Crippen LogP contribution in [0.5, 0.6) is 11.5 Å². The van der Waals surface area contributed by atoms with Gasteiger partial charge in [-0.25, -0.2) is 0 Å². The third-order valence-corrected chi connectivity index (χ3v) is 3.42. The topological polar surface area (TPSA) is 56.3 Å². The van der Waals surface area contributed by atoms with Crippen molar-refractivity contribution < 1.29 is 9.47 Å². The van der Waals surface area contributed by atoms with Crippen molar-refractivity contribution >= 4 is 5.82 Å². The van der Waals surface area contributed by atoms with Crippen molar-refractivity contribution in [3.8, 4) is 22.8 Å². The molecule has 0 bridgehead atoms. The summed E-state index contributed by atoms with van der Waals surface area (Å²) < 4.78 is 10.9. The molecule has 0 saturated heterocycles. The van der Waals surface area contributed by atoms with Gasteiger partial charge in [-0.3, -0.25) is 0 Å². The van der Waals surface area contributed by atoms with Gasteiger partial charge in [0.2, 0.25) is 0 Å². The predicted octanol–water partition coefficient (Wildman–Crippen LogP) is 2.82. The molecule has 0 atom stereocenters. The molecule has 0 saturated carbocycles. The van der Waals surface area contributed by atoms with E-state index in [4.69, 9.17) is 9.47 Å². The fraction of sp³-hybridized carbons (Fsp3) is 0.333. The molecule has 1 heterocycles. The number of hydrogen-bond acceptors (Lipinski definition) is 5. The Labute approximate surface area is 118 Å². The molecule has 2 rings (SSSR count). The van der Waals surface area contributed by atoms with Crippen LogP contribution in [0.4, 0.5) is 5.82 Å². The smallest absolute Gasteiger partial charge is 0.151 e. The second-order valence-electron chi connectivity index (χ2n) is 4.43. The number of nitrogens with zero attached hydrogens (tertiary/aromatic N) is 2. The van der Waals surface area contributed by atoms with Crippen LogP contribution in [-0.4, -0.2) is 31.5 Å². The zero-order valence-corrected chi connectivity index (χ0v) is 12.4. The van der Waals surface area contributed by atoms with Crippen LogP contribution in [0.2, 0.25) is 0 Å². The fourth-order valence-corrected chi connectivity index (χ4v) is 2.16. The zero-order valence-electron chi connectivity index (χ0n) is 12.4. The van der Waals surface area contributed by atoms with Crippen molar-refractivity contribution in [3.05, 3.63) is 29.3 Å². The van der Waals surface area contributed by atoms with Crippen molar-refractivity contribution in [3.63, 3.8) is 0 Å². The number of anilines is 1. The maximum absolute atomic E-state index is 5.43. The summed E-state index contributed by atoms with van der Waals surface area (Å²) in [5, 5.41) is 11.6. The molecule has 20 heavy (non-hydrogen) atoms. The molecule has 1 aromatic carbocycles. The van der Waals surface area contributed by atoms with Crippen LogP contribution in [0.25, 0.3) is 11.3 Å². The highest BCUT2D eigenvalue weighted by Gasteiger charge is 2.18. The largest absolute Gasteiger partial charge is 0.496 e. The number of methoxy groups -OCH3 is 2. The van der Waals surface area contributed by atoms with Gasteiger partial charge in [-0.05, 0) is 37.1 Å². The van der Waals surface area contributed by atoms with Crippen molar-refractivity contribution in [1.29, 1.82) is 0 Å². The summed E-state index contributed by atoms with van der Waals surface area (Å²) in [4.78, 5) is 0. The third-order valence-electron chi connectivity index (χ3n) is 3.42. The van der Waals surface area contributed by atoms with Crippen molar-refractivity contribution in [2.45, 2.75) is 13.8 Å². The van der Waals surface area contributed by atoms with Gasteiger partial charge in [0.05, 0.1) is 19.8 Å². The normalized spacial score (nSPS) is 10.2. The van der Waals surface area contributed by atoms with Gasteiger partial charge in [-0.1, -0.05) is 6.07 Å². The first-order chi connectivity index (χ1) is 9.63. The Balaban J connectivity index is 2.71. The number of aromatic nitrogens is 2. The summed E-state index contributed by atoms with van der Waals surface area (Å²) in [6.45, 7) is 4.04. The Morgan fingerprint density at radius 1 is 0.950 bits per heavy atom. The van der Waals surface area contributed by atoms with Gasteiger partial charge in [0.15, 0.2) is 5.82 Å². The predicted molar refractivity (Wildman–Crippen MR) is 79.6 cm³/mol. The van der Waals surface area contributed by atoms with E-state index in [1.165, 1.54) is 0 Å². The lowest BCUT2D eigenvalue weighted by Crippen LogP contribution is -2.04. The first kappa shape index (κ1) is 14.1. The summed E-state index contributed by atoms with van der Waals surface area (Å²) in [7, 11) is 5.10. The highest BCUT2D eigenvalue weighted by Crippen LogP contribution is 2.39. The number of hydrogen-bond donors (Lipinski definition) is 1. The fourth-order valence-electron chi connectivity index (χ4n) is 2.16. The summed E-state index contributed by atoms with van der Waals surface area (Å²) in [6.07, 6.45) is 0. The molecular formula is C15H19N3O2. The van der Waals surface area contributed by atoms with Crippen molar-refractivity contribution in [1.82, 2.24) is 10.2 Å². The molecule has 5 nitrogen and oxygen atoms in total. The van der Waals surface area contributed by atoms with Crippen LogP contribution < -0.4 is 14.8 Å². The van der Waals surface area contributed by atoms with Crippen LogP contribution in [0.1, 0.15) is 11.1 Å². The Kier molecular flexibility index (Phi) is 4.08. The van der Waals surface area contributed by atoms with E-state index >= 15 is 0 Å². The molecule has 2 aromatic rings. The first-order valence-electron chi connectivity index (χ1n) is 6.37. The number of ether oxygens (including phenoxy) is 2. The van der Waals surface area contributed by atoms with E-state index in [1.807, 2.05) is 39.1 Å². The number of benzene rings is 1. The molecule has 0 aliphatic carbocycles. The lowest BCUT2D eigenvalue weighted by molar-refractivity contribution is 0.397. The molecule has 0 radical (unpaired) electrons. The van der Waals surface area contributed by atoms with Crippen LogP contribution in [0, 0.1) is 13.8 Å². The van der Waals surface area contributed by atoms with E-state index in [9.17, 15) is 0 Å². The second kappa shape index (κ2) is 5.77. The minimum Gasteiger partial charge on any atom is -0.496 e. The molecule has 5 heteroatoms. The summed E-state index contributed by atoms with van der Waals surface area (Å²) >= 11 is 0. The Morgan fingerprint density at radius 2 is 1.55 bits per heavy atom. The molecule has 0 unspecified atom stereocenters. The average Bonchev–Trinajstić information content (AvgIpc) is 2.49.